The van der Waals surface area contributed by atoms with Crippen LogP contribution in [0.2, 0.25) is 0 Å². The quantitative estimate of drug-likeness (QED) is 0.527. The Morgan fingerprint density at radius 3 is 3.29 bits per heavy atom. The van der Waals surface area contributed by atoms with Crippen LogP contribution in [0.3, 0.4) is 0 Å². The monoisotopic (exact) mass is 131 g/mol. The van der Waals surface area contributed by atoms with Crippen LogP contribution in [0.4, 0.5) is 0 Å². The second-order valence-corrected chi connectivity index (χ2v) is 0.778. The maximum atomic E-state index is 7.02. The lowest BCUT2D eigenvalue weighted by molar-refractivity contribution is 0.0936. The molecule has 0 bridgehead atoms. The van der Waals surface area contributed by atoms with Gasteiger partial charge in [0, 0.05) is 7.04 Å². The third-order valence-electron chi connectivity index (χ3n) is 0.219. The summed E-state index contributed by atoms with van der Waals surface area (Å²) in [6.45, 7) is -6.03. The van der Waals surface area contributed by atoms with Crippen LogP contribution in [0.25, 0.3) is 0 Å². The highest BCUT2D eigenvalue weighted by Gasteiger charge is 1.79. The van der Waals surface area contributed by atoms with E-state index in [1.54, 1.807) is 0 Å². The molecular formula is C4H9ClO2. The first-order valence-electron chi connectivity index (χ1n) is 4.92. The smallest absolute Gasteiger partial charge is 0.120 e. The Balaban J connectivity index is 4.59. The molecule has 0 radical (unpaired) electrons. The van der Waals surface area contributed by atoms with Gasteiger partial charge in [0.1, 0.15) is 6.07 Å². The van der Waals surface area contributed by atoms with Gasteiger partial charge in [0.2, 0.25) is 0 Å². The van der Waals surface area contributed by atoms with Crippen molar-refractivity contribution in [1.29, 1.82) is 0 Å². The van der Waals surface area contributed by atoms with Crippen LogP contribution in [-0.2, 0) is 9.47 Å². The first-order chi connectivity index (χ1) is 6.02. The third kappa shape index (κ3) is 6.21. The number of hydrogen-bond acceptors (Lipinski definition) is 2. The van der Waals surface area contributed by atoms with Crippen molar-refractivity contribution in [3.8, 4) is 0 Å². The van der Waals surface area contributed by atoms with Gasteiger partial charge in [-0.3, -0.25) is 0 Å². The molecule has 0 aliphatic heterocycles. The summed E-state index contributed by atoms with van der Waals surface area (Å²) in [7, 11) is -3.05. The van der Waals surface area contributed by atoms with E-state index >= 15 is 0 Å². The van der Waals surface area contributed by atoms with E-state index in [4.69, 9.17) is 21.2 Å². The van der Waals surface area contributed by atoms with E-state index in [0.29, 0.717) is 0 Å². The lowest BCUT2D eigenvalue weighted by Crippen LogP contribution is -1.99. The molecule has 0 aromatic carbocycles. The predicted molar refractivity (Wildman–Crippen MR) is 28.5 cm³/mol. The predicted octanol–water partition coefficient (Wildman–Crippen LogP) is 0.846. The molecule has 0 N–H and O–H groups in total. The van der Waals surface area contributed by atoms with E-state index in [9.17, 15) is 0 Å². The van der Waals surface area contributed by atoms with Gasteiger partial charge in [-0.2, -0.15) is 0 Å². The van der Waals surface area contributed by atoms with Crippen LogP contribution >= 0.6 is 11.6 Å². The fourth-order valence-electron chi connectivity index (χ4n) is 0.0776. The molecule has 0 spiro atoms. The molecule has 0 saturated carbocycles. The van der Waals surface area contributed by atoms with E-state index in [0.717, 1.165) is 0 Å². The number of rotatable bonds is 4. The lowest BCUT2D eigenvalue weighted by Gasteiger charge is -1.94. The van der Waals surface area contributed by atoms with E-state index in [-0.39, 0.29) is 0 Å². The van der Waals surface area contributed by atoms with Crippen LogP contribution in [0.1, 0.15) is 9.60 Å². The summed E-state index contributed by atoms with van der Waals surface area (Å²) in [6.07, 6.45) is 0. The normalized spacial score (nSPS) is 30.1. The number of halogens is 1. The Hall–Kier alpha value is 0.210. The number of hydrogen-bond donors (Lipinski definition) is 0. The van der Waals surface area contributed by atoms with Crippen molar-refractivity contribution in [2.24, 2.45) is 0 Å². The standard InChI is InChI=1S/C4H9ClO2/c1-6-2-3-7-4-5/h2-4H2,1H3/i1D3,2D2,3D2. The Kier molecular flexibility index (Phi) is 1.41. The van der Waals surface area contributed by atoms with Gasteiger partial charge in [0.05, 0.1) is 22.7 Å². The van der Waals surface area contributed by atoms with Gasteiger partial charge in [0.15, 0.2) is 0 Å². The Morgan fingerprint density at radius 1 is 1.86 bits per heavy atom. The number of methoxy groups -OCH3 is 1. The van der Waals surface area contributed by atoms with Crippen molar-refractivity contribution in [1.82, 2.24) is 0 Å². The van der Waals surface area contributed by atoms with E-state index < -0.39 is 26.2 Å². The van der Waals surface area contributed by atoms with Crippen LogP contribution < -0.4 is 0 Å². The third-order valence-corrected chi connectivity index (χ3v) is 0.329. The van der Waals surface area contributed by atoms with Gasteiger partial charge in [-0.1, -0.05) is 11.6 Å². The highest BCUT2D eigenvalue weighted by Crippen LogP contribution is 1.77. The second-order valence-electron chi connectivity index (χ2n) is 0.560. The molecule has 0 saturated heterocycles. The van der Waals surface area contributed by atoms with Crippen molar-refractivity contribution in [3.63, 3.8) is 0 Å². The highest BCUT2D eigenvalue weighted by molar-refractivity contribution is 6.17. The average Bonchev–Trinajstić information content (AvgIpc) is 1.79. The summed E-state index contributed by atoms with van der Waals surface area (Å²) < 4.78 is 56.0. The van der Waals surface area contributed by atoms with Gasteiger partial charge in [-0.05, 0) is 0 Å². The zero-order valence-corrected chi connectivity index (χ0v) is 4.16. The minimum absolute atomic E-state index is 0.614. The van der Waals surface area contributed by atoms with Gasteiger partial charge >= 0.3 is 0 Å². The van der Waals surface area contributed by atoms with Crippen molar-refractivity contribution in [3.05, 3.63) is 0 Å². The zero-order valence-electron chi connectivity index (χ0n) is 10.4. The van der Waals surface area contributed by atoms with Gasteiger partial charge in [-0.25, -0.2) is 0 Å². The Bertz CT molecular complexity index is 191. The Labute approximate surface area is 58.2 Å². The van der Waals surface area contributed by atoms with Crippen LogP contribution in [-0.4, -0.2) is 26.2 Å². The summed E-state index contributed by atoms with van der Waals surface area (Å²) in [6, 6.07) is -0.614. The van der Waals surface area contributed by atoms with Crippen molar-refractivity contribution in [2.75, 3.05) is 26.2 Å². The van der Waals surface area contributed by atoms with Crippen LogP contribution in [0, 0.1) is 0 Å². The summed E-state index contributed by atoms with van der Waals surface area (Å²) in [5.41, 5.74) is 0. The molecule has 7 heavy (non-hydrogen) atoms. The van der Waals surface area contributed by atoms with Gasteiger partial charge in [0.25, 0.3) is 0 Å². The zero-order chi connectivity index (χ0) is 11.6. The molecule has 0 heterocycles. The van der Waals surface area contributed by atoms with Crippen molar-refractivity contribution in [2.45, 2.75) is 0 Å². The summed E-state index contributed by atoms with van der Waals surface area (Å²) in [5.74, 6) is 0. The molecule has 44 valence electrons. The number of alkyl halides is 1. The van der Waals surface area contributed by atoms with Gasteiger partial charge < -0.3 is 9.47 Å². The summed E-state index contributed by atoms with van der Waals surface area (Å²) in [4.78, 5) is 0. The molecule has 2 nitrogen and oxygen atoms in total. The molecule has 0 aromatic rings. The summed E-state index contributed by atoms with van der Waals surface area (Å²) in [5, 5.41) is 0. The second kappa shape index (κ2) is 6.21. The molecule has 0 unspecified atom stereocenters. The molecule has 0 rings (SSSR count). The molecule has 0 aromatic heterocycles. The largest absolute Gasteiger partial charge is 0.382 e. The fourth-order valence-corrected chi connectivity index (χ4v) is 0.132. The SMILES string of the molecule is [2H]C([2H])([2H])OC([2H])([2H])C([2H])([2H])OCCl. The van der Waals surface area contributed by atoms with E-state index in [1.807, 2.05) is 0 Å². The lowest BCUT2D eigenvalue weighted by atomic mass is 10.8. The van der Waals surface area contributed by atoms with Crippen molar-refractivity contribution >= 4 is 11.6 Å². The molecule has 0 atom stereocenters. The molecule has 0 aliphatic carbocycles. The Morgan fingerprint density at radius 2 is 2.71 bits per heavy atom. The summed E-state index contributed by atoms with van der Waals surface area (Å²) >= 11 is 5.04. The molecular weight excluding hydrogens is 115 g/mol. The van der Waals surface area contributed by atoms with Gasteiger partial charge in [-0.15, -0.1) is 0 Å². The first-order valence-corrected chi connectivity index (χ1v) is 1.95. The molecule has 0 fully saturated rings. The van der Waals surface area contributed by atoms with Crippen LogP contribution in [0.5, 0.6) is 0 Å². The minimum atomic E-state index is -3.10. The first kappa shape index (κ1) is 1.59. The topological polar surface area (TPSA) is 18.5 Å². The highest BCUT2D eigenvalue weighted by atomic mass is 35.5. The molecule has 0 amide bonds. The number of ether oxygens (including phenoxy) is 2. The fraction of sp³-hybridized carbons (Fsp3) is 1.00. The van der Waals surface area contributed by atoms with Crippen LogP contribution in [0.15, 0.2) is 0 Å². The average molecular weight is 132 g/mol. The van der Waals surface area contributed by atoms with E-state index in [1.165, 1.54) is 0 Å². The molecule has 3 heteroatoms. The van der Waals surface area contributed by atoms with E-state index in [2.05, 4.69) is 9.47 Å². The minimum Gasteiger partial charge on any atom is -0.382 e. The maximum absolute atomic E-state index is 7.02. The van der Waals surface area contributed by atoms with Crippen molar-refractivity contribution < 1.29 is 19.1 Å². The molecule has 0 aliphatic rings. The maximum Gasteiger partial charge on any atom is 0.120 e.